The molecule has 0 atom stereocenters. The van der Waals surface area contributed by atoms with E-state index in [1.165, 1.54) is 13.2 Å². The number of methoxy groups -OCH3 is 1. The Hall–Kier alpha value is -1.71. The number of carbonyl (C=O) groups excluding carboxylic acids is 1. The highest BCUT2D eigenvalue weighted by Crippen LogP contribution is 2.32. The minimum atomic E-state index is -0.345. The smallest absolute Gasteiger partial charge is 0.308 e. The normalized spacial score (nSPS) is 22.8. The van der Waals surface area contributed by atoms with E-state index in [1.54, 1.807) is 18.2 Å². The molecule has 0 aliphatic heterocycles. The van der Waals surface area contributed by atoms with E-state index in [2.05, 4.69) is 0 Å². The molecule has 102 valence electrons. The second-order valence-corrected chi connectivity index (χ2v) is 4.97. The zero-order chi connectivity index (χ0) is 13.8. The summed E-state index contributed by atoms with van der Waals surface area (Å²) < 4.78 is 18.4. The fourth-order valence-corrected chi connectivity index (χ4v) is 2.68. The van der Waals surface area contributed by atoms with Gasteiger partial charge in [0.15, 0.2) is 0 Å². The Kier molecular flexibility index (Phi) is 4.30. The van der Waals surface area contributed by atoms with Crippen molar-refractivity contribution in [3.63, 3.8) is 0 Å². The van der Waals surface area contributed by atoms with Crippen LogP contribution in [0.1, 0.15) is 31.2 Å². The number of hydrogen-bond donors (Lipinski definition) is 1. The molecular weight excluding hydrogens is 245 g/mol. The Morgan fingerprint density at radius 3 is 2.37 bits per heavy atom. The van der Waals surface area contributed by atoms with Gasteiger partial charge in [0.05, 0.1) is 13.0 Å². The van der Waals surface area contributed by atoms with Crippen LogP contribution in [0.2, 0.25) is 0 Å². The Balaban J connectivity index is 2.00. The largest absolute Gasteiger partial charge is 0.469 e. The first-order chi connectivity index (χ1) is 9.13. The van der Waals surface area contributed by atoms with Crippen LogP contribution in [0.4, 0.5) is 4.39 Å². The molecule has 0 spiro atoms. The third-order valence-electron chi connectivity index (χ3n) is 3.83. The Morgan fingerprint density at radius 2 is 1.79 bits per heavy atom. The highest BCUT2D eigenvalue weighted by molar-refractivity contribution is 6.00. The fourth-order valence-electron chi connectivity index (χ4n) is 2.68. The lowest BCUT2D eigenvalue weighted by atomic mass is 9.78. The maximum Gasteiger partial charge on any atom is 0.308 e. The molecule has 0 amide bonds. The van der Waals surface area contributed by atoms with Crippen LogP contribution in [0.25, 0.3) is 0 Å². The van der Waals surface area contributed by atoms with Crippen molar-refractivity contribution >= 4 is 11.7 Å². The van der Waals surface area contributed by atoms with Gasteiger partial charge in [0.25, 0.3) is 0 Å². The lowest BCUT2D eigenvalue weighted by Crippen LogP contribution is -2.27. The summed E-state index contributed by atoms with van der Waals surface area (Å²) in [6.07, 6.45) is 2.92. The summed E-state index contributed by atoms with van der Waals surface area (Å²) in [4.78, 5) is 11.4. The second-order valence-electron chi connectivity index (χ2n) is 4.97. The summed E-state index contributed by atoms with van der Waals surface area (Å²) in [7, 11) is 1.40. The monoisotopic (exact) mass is 263 g/mol. The topological polar surface area (TPSA) is 50.2 Å². The first-order valence-electron chi connectivity index (χ1n) is 6.54. The highest BCUT2D eigenvalue weighted by Gasteiger charge is 2.29. The Bertz CT molecular complexity index is 479. The third kappa shape index (κ3) is 3.00. The quantitative estimate of drug-likeness (QED) is 0.672. The van der Waals surface area contributed by atoms with Crippen molar-refractivity contribution < 1.29 is 13.9 Å². The van der Waals surface area contributed by atoms with Gasteiger partial charge in [-0.15, -0.1) is 0 Å². The van der Waals surface area contributed by atoms with Gasteiger partial charge in [0.2, 0.25) is 0 Å². The molecule has 1 saturated carbocycles. The molecule has 0 heterocycles. The SMILES string of the molecule is COC(=O)C1CCC(C(=N)c2ccccc2F)CC1. The van der Waals surface area contributed by atoms with Crippen molar-refractivity contribution in [2.24, 2.45) is 11.8 Å². The molecule has 0 bridgehead atoms. The van der Waals surface area contributed by atoms with Crippen molar-refractivity contribution in [2.45, 2.75) is 25.7 Å². The summed E-state index contributed by atoms with van der Waals surface area (Å²) in [6.45, 7) is 0. The number of esters is 1. The molecule has 0 saturated heterocycles. The number of rotatable bonds is 3. The van der Waals surface area contributed by atoms with E-state index in [1.807, 2.05) is 0 Å². The molecule has 0 aromatic heterocycles. The molecule has 1 aliphatic carbocycles. The van der Waals surface area contributed by atoms with Crippen molar-refractivity contribution in [3.05, 3.63) is 35.6 Å². The summed E-state index contributed by atoms with van der Waals surface area (Å²) in [5, 5.41) is 8.13. The van der Waals surface area contributed by atoms with Gasteiger partial charge in [-0.3, -0.25) is 4.79 Å². The van der Waals surface area contributed by atoms with E-state index < -0.39 is 0 Å². The second kappa shape index (κ2) is 5.95. The molecule has 3 nitrogen and oxygen atoms in total. The lowest BCUT2D eigenvalue weighted by Gasteiger charge is -2.27. The van der Waals surface area contributed by atoms with Crippen molar-refractivity contribution in [1.29, 1.82) is 5.41 Å². The van der Waals surface area contributed by atoms with Crippen molar-refractivity contribution in [3.8, 4) is 0 Å². The minimum absolute atomic E-state index is 0.0396. The van der Waals surface area contributed by atoms with E-state index in [9.17, 15) is 9.18 Å². The highest BCUT2D eigenvalue weighted by atomic mass is 19.1. The van der Waals surface area contributed by atoms with Gasteiger partial charge in [-0.1, -0.05) is 18.2 Å². The molecule has 4 heteroatoms. The number of halogens is 1. The average molecular weight is 263 g/mol. The predicted molar refractivity (Wildman–Crippen MR) is 70.7 cm³/mol. The van der Waals surface area contributed by atoms with Gasteiger partial charge in [0.1, 0.15) is 5.82 Å². The van der Waals surface area contributed by atoms with Crippen LogP contribution in [0.5, 0.6) is 0 Å². The molecule has 1 aliphatic rings. The van der Waals surface area contributed by atoms with Crippen LogP contribution in [0, 0.1) is 23.1 Å². The lowest BCUT2D eigenvalue weighted by molar-refractivity contribution is -0.146. The van der Waals surface area contributed by atoms with Gasteiger partial charge in [0, 0.05) is 17.2 Å². The van der Waals surface area contributed by atoms with Crippen LogP contribution in [-0.2, 0) is 9.53 Å². The Morgan fingerprint density at radius 1 is 1.21 bits per heavy atom. The van der Waals surface area contributed by atoms with Gasteiger partial charge < -0.3 is 10.1 Å². The average Bonchev–Trinajstić information content (AvgIpc) is 2.46. The maximum absolute atomic E-state index is 13.6. The molecule has 1 aromatic rings. The fraction of sp³-hybridized carbons (Fsp3) is 0.467. The van der Waals surface area contributed by atoms with Gasteiger partial charge in [-0.05, 0) is 31.7 Å². The number of nitrogens with one attached hydrogen (secondary N) is 1. The first kappa shape index (κ1) is 13.7. The van der Waals surface area contributed by atoms with Crippen LogP contribution in [0.3, 0.4) is 0 Å². The van der Waals surface area contributed by atoms with Crippen molar-refractivity contribution in [1.82, 2.24) is 0 Å². The summed E-state index contributed by atoms with van der Waals surface area (Å²) in [5.41, 5.74) is 0.727. The zero-order valence-electron chi connectivity index (χ0n) is 11.0. The van der Waals surface area contributed by atoms with Crippen LogP contribution < -0.4 is 0 Å². The van der Waals surface area contributed by atoms with Crippen LogP contribution in [-0.4, -0.2) is 18.8 Å². The molecule has 1 fully saturated rings. The summed E-state index contributed by atoms with van der Waals surface area (Å²) in [5.74, 6) is -0.536. The molecular formula is C15H18FNO2. The number of benzene rings is 1. The molecule has 1 N–H and O–H groups in total. The zero-order valence-corrected chi connectivity index (χ0v) is 11.0. The van der Waals surface area contributed by atoms with Crippen LogP contribution in [0.15, 0.2) is 24.3 Å². The maximum atomic E-state index is 13.6. The molecule has 0 unspecified atom stereocenters. The van der Waals surface area contributed by atoms with E-state index in [0.29, 0.717) is 24.1 Å². The minimum Gasteiger partial charge on any atom is -0.469 e. The molecule has 1 aromatic carbocycles. The van der Waals surface area contributed by atoms with Crippen LogP contribution >= 0.6 is 0 Å². The van der Waals surface area contributed by atoms with Crippen molar-refractivity contribution in [2.75, 3.05) is 7.11 Å². The van der Waals surface area contributed by atoms with Gasteiger partial charge in [-0.25, -0.2) is 4.39 Å². The first-order valence-corrected chi connectivity index (χ1v) is 6.54. The summed E-state index contributed by atoms with van der Waals surface area (Å²) >= 11 is 0. The van der Waals surface area contributed by atoms with E-state index >= 15 is 0 Å². The van der Waals surface area contributed by atoms with Gasteiger partial charge in [-0.2, -0.15) is 0 Å². The predicted octanol–water partition coefficient (Wildman–Crippen LogP) is 3.17. The third-order valence-corrected chi connectivity index (χ3v) is 3.83. The number of ether oxygens (including phenoxy) is 1. The number of hydrogen-bond acceptors (Lipinski definition) is 3. The van der Waals surface area contributed by atoms with Gasteiger partial charge >= 0.3 is 5.97 Å². The molecule has 0 radical (unpaired) electrons. The number of carbonyl (C=O) groups is 1. The van der Waals surface area contributed by atoms with E-state index in [0.717, 1.165) is 12.8 Å². The van der Waals surface area contributed by atoms with E-state index in [4.69, 9.17) is 10.1 Å². The summed E-state index contributed by atoms with van der Waals surface area (Å²) in [6, 6.07) is 6.39. The Labute approximate surface area is 112 Å². The standard InChI is InChI=1S/C15H18FNO2/c1-19-15(18)11-8-6-10(7-9-11)14(17)12-4-2-3-5-13(12)16/h2-5,10-11,17H,6-9H2,1H3. The van der Waals surface area contributed by atoms with E-state index in [-0.39, 0.29) is 23.6 Å². The molecule has 2 rings (SSSR count). The molecule has 19 heavy (non-hydrogen) atoms.